The van der Waals surface area contributed by atoms with E-state index in [0.717, 1.165) is 17.1 Å². The first-order valence-electron chi connectivity index (χ1n) is 7.81. The fraction of sp³-hybridized carbons (Fsp3) is 0.688. The molecule has 2 amide bonds. The third-order valence-corrected chi connectivity index (χ3v) is 4.41. The molecular weight excluding hydrogens is 298 g/mol. The first kappa shape index (κ1) is 18.6. The van der Waals surface area contributed by atoms with Gasteiger partial charge in [0, 0.05) is 17.7 Å². The van der Waals surface area contributed by atoms with E-state index in [1.54, 1.807) is 11.3 Å². The van der Waals surface area contributed by atoms with E-state index >= 15 is 0 Å². The van der Waals surface area contributed by atoms with Crippen LogP contribution in [0.2, 0.25) is 0 Å². The summed E-state index contributed by atoms with van der Waals surface area (Å²) >= 11 is 1.61. The van der Waals surface area contributed by atoms with Crippen LogP contribution in [0.5, 0.6) is 0 Å². The molecule has 0 fully saturated rings. The number of aromatic nitrogens is 1. The summed E-state index contributed by atoms with van der Waals surface area (Å²) in [7, 11) is 0. The van der Waals surface area contributed by atoms with Crippen molar-refractivity contribution in [1.29, 1.82) is 0 Å². The number of carbonyl (C=O) groups is 2. The second-order valence-electron chi connectivity index (χ2n) is 6.26. The standard InChI is InChI=1S/C16H27N3O2S/c1-10(2)6-7-14(20)17-8-15(21)18-12(5)13-9-22-16(19-13)11(3)4/h9-12H,6-8H2,1-5H3,(H,17,20)(H,18,21)/t12-/m0/s1. The van der Waals surface area contributed by atoms with E-state index in [1.807, 2.05) is 12.3 Å². The van der Waals surface area contributed by atoms with Crippen LogP contribution in [0.4, 0.5) is 0 Å². The van der Waals surface area contributed by atoms with Crippen molar-refractivity contribution >= 4 is 23.2 Å². The Morgan fingerprint density at radius 3 is 2.41 bits per heavy atom. The van der Waals surface area contributed by atoms with Gasteiger partial charge in [0.15, 0.2) is 0 Å². The summed E-state index contributed by atoms with van der Waals surface area (Å²) in [5, 5.41) is 8.55. The smallest absolute Gasteiger partial charge is 0.239 e. The molecule has 0 aromatic carbocycles. The molecule has 0 saturated heterocycles. The third-order valence-electron chi connectivity index (χ3n) is 3.25. The molecule has 0 aliphatic rings. The molecule has 5 nitrogen and oxygen atoms in total. The lowest BCUT2D eigenvalue weighted by molar-refractivity contribution is -0.126. The van der Waals surface area contributed by atoms with Gasteiger partial charge in [0.2, 0.25) is 11.8 Å². The second kappa shape index (κ2) is 8.88. The Balaban J connectivity index is 2.36. The number of thiazole rings is 1. The third kappa shape index (κ3) is 6.56. The Hall–Kier alpha value is -1.43. The Morgan fingerprint density at radius 1 is 1.18 bits per heavy atom. The fourth-order valence-corrected chi connectivity index (χ4v) is 2.75. The number of nitrogens with zero attached hydrogens (tertiary/aromatic N) is 1. The van der Waals surface area contributed by atoms with Gasteiger partial charge in [0.05, 0.1) is 23.3 Å². The number of carbonyl (C=O) groups excluding carboxylic acids is 2. The molecule has 0 aliphatic heterocycles. The van der Waals surface area contributed by atoms with Crippen LogP contribution in [-0.2, 0) is 9.59 Å². The van der Waals surface area contributed by atoms with Crippen LogP contribution in [0, 0.1) is 5.92 Å². The summed E-state index contributed by atoms with van der Waals surface area (Å²) in [6, 6.07) is -0.149. The molecule has 6 heteroatoms. The van der Waals surface area contributed by atoms with Gasteiger partial charge < -0.3 is 10.6 Å². The Bertz CT molecular complexity index is 497. The minimum Gasteiger partial charge on any atom is -0.347 e. The summed E-state index contributed by atoms with van der Waals surface area (Å²) in [5.41, 5.74) is 0.869. The average Bonchev–Trinajstić information content (AvgIpc) is 2.92. The monoisotopic (exact) mass is 325 g/mol. The highest BCUT2D eigenvalue weighted by Gasteiger charge is 2.14. The van der Waals surface area contributed by atoms with Gasteiger partial charge >= 0.3 is 0 Å². The van der Waals surface area contributed by atoms with Crippen LogP contribution in [0.15, 0.2) is 5.38 Å². The summed E-state index contributed by atoms with van der Waals surface area (Å²) in [6.07, 6.45) is 1.30. The minimum absolute atomic E-state index is 0.0163. The highest BCUT2D eigenvalue weighted by molar-refractivity contribution is 7.09. The molecule has 2 N–H and O–H groups in total. The van der Waals surface area contributed by atoms with Crippen LogP contribution < -0.4 is 10.6 Å². The van der Waals surface area contributed by atoms with Gasteiger partial charge in [-0.2, -0.15) is 0 Å². The number of amides is 2. The fourth-order valence-electron chi connectivity index (χ4n) is 1.82. The lowest BCUT2D eigenvalue weighted by Gasteiger charge is -2.12. The Kier molecular flexibility index (Phi) is 7.51. The molecular formula is C16H27N3O2S. The Labute approximate surface area is 136 Å². The van der Waals surface area contributed by atoms with Crippen molar-refractivity contribution < 1.29 is 9.59 Å². The van der Waals surface area contributed by atoms with E-state index in [1.165, 1.54) is 0 Å². The van der Waals surface area contributed by atoms with E-state index in [0.29, 0.717) is 18.3 Å². The van der Waals surface area contributed by atoms with Crippen LogP contribution >= 0.6 is 11.3 Å². The van der Waals surface area contributed by atoms with Crippen molar-refractivity contribution in [3.05, 3.63) is 16.1 Å². The van der Waals surface area contributed by atoms with Crippen molar-refractivity contribution in [2.75, 3.05) is 6.54 Å². The lowest BCUT2D eigenvalue weighted by Crippen LogP contribution is -2.38. The van der Waals surface area contributed by atoms with Crippen LogP contribution in [0.1, 0.15) is 70.1 Å². The van der Waals surface area contributed by atoms with E-state index < -0.39 is 0 Å². The van der Waals surface area contributed by atoms with E-state index in [-0.39, 0.29) is 24.4 Å². The molecule has 1 heterocycles. The molecule has 0 bridgehead atoms. The highest BCUT2D eigenvalue weighted by Crippen LogP contribution is 2.22. The zero-order valence-electron chi connectivity index (χ0n) is 14.1. The second-order valence-corrected chi connectivity index (χ2v) is 7.15. The molecule has 1 atom stereocenters. The molecule has 124 valence electrons. The first-order valence-corrected chi connectivity index (χ1v) is 8.69. The van der Waals surface area contributed by atoms with Gasteiger partial charge in [-0.1, -0.05) is 27.7 Å². The number of hydrogen-bond acceptors (Lipinski definition) is 4. The SMILES string of the molecule is CC(C)CCC(=O)NCC(=O)N[C@@H](C)c1csc(C(C)C)n1. The van der Waals surface area contributed by atoms with E-state index in [9.17, 15) is 9.59 Å². The first-order chi connectivity index (χ1) is 10.3. The summed E-state index contributed by atoms with van der Waals surface area (Å²) in [5.74, 6) is 0.609. The number of rotatable bonds is 8. The quantitative estimate of drug-likeness (QED) is 0.772. The van der Waals surface area contributed by atoms with Crippen molar-refractivity contribution in [2.24, 2.45) is 5.92 Å². The molecule has 1 rings (SSSR count). The number of nitrogens with one attached hydrogen (secondary N) is 2. The lowest BCUT2D eigenvalue weighted by atomic mass is 10.1. The van der Waals surface area contributed by atoms with Gasteiger partial charge in [-0.25, -0.2) is 4.98 Å². The molecule has 22 heavy (non-hydrogen) atoms. The van der Waals surface area contributed by atoms with E-state index in [2.05, 4.69) is 43.3 Å². The van der Waals surface area contributed by atoms with Gasteiger partial charge in [-0.15, -0.1) is 11.3 Å². The summed E-state index contributed by atoms with van der Waals surface area (Å²) in [6.45, 7) is 10.2. The molecule has 0 spiro atoms. The molecule has 1 aromatic rings. The average molecular weight is 325 g/mol. The maximum Gasteiger partial charge on any atom is 0.239 e. The van der Waals surface area contributed by atoms with E-state index in [4.69, 9.17) is 0 Å². The van der Waals surface area contributed by atoms with Gasteiger partial charge in [0.1, 0.15) is 0 Å². The molecule has 0 radical (unpaired) electrons. The predicted molar refractivity (Wildman–Crippen MR) is 89.8 cm³/mol. The molecule has 0 aliphatic carbocycles. The molecule has 0 unspecified atom stereocenters. The van der Waals surface area contributed by atoms with Crippen LogP contribution in [0.25, 0.3) is 0 Å². The van der Waals surface area contributed by atoms with Crippen molar-refractivity contribution in [3.8, 4) is 0 Å². The van der Waals surface area contributed by atoms with Crippen LogP contribution in [0.3, 0.4) is 0 Å². The topological polar surface area (TPSA) is 71.1 Å². The predicted octanol–water partition coefficient (Wildman–Crippen LogP) is 3.00. The molecule has 1 aromatic heterocycles. The maximum absolute atomic E-state index is 11.9. The highest BCUT2D eigenvalue weighted by atomic mass is 32.1. The number of hydrogen-bond donors (Lipinski definition) is 2. The summed E-state index contributed by atoms with van der Waals surface area (Å²) < 4.78 is 0. The van der Waals surface area contributed by atoms with Crippen molar-refractivity contribution in [1.82, 2.24) is 15.6 Å². The van der Waals surface area contributed by atoms with Crippen LogP contribution in [-0.4, -0.2) is 23.3 Å². The zero-order valence-corrected chi connectivity index (χ0v) is 14.9. The van der Waals surface area contributed by atoms with Crippen molar-refractivity contribution in [2.45, 2.75) is 59.4 Å². The minimum atomic E-state index is -0.190. The maximum atomic E-state index is 11.9. The zero-order chi connectivity index (χ0) is 16.7. The summed E-state index contributed by atoms with van der Waals surface area (Å²) in [4.78, 5) is 28.0. The Morgan fingerprint density at radius 2 is 1.86 bits per heavy atom. The molecule has 0 saturated carbocycles. The van der Waals surface area contributed by atoms with Gasteiger partial charge in [0.25, 0.3) is 0 Å². The normalized spacial score (nSPS) is 12.5. The van der Waals surface area contributed by atoms with Gasteiger partial charge in [-0.05, 0) is 19.3 Å². The van der Waals surface area contributed by atoms with Gasteiger partial charge in [-0.3, -0.25) is 9.59 Å². The van der Waals surface area contributed by atoms with Crippen molar-refractivity contribution in [3.63, 3.8) is 0 Å². The largest absolute Gasteiger partial charge is 0.347 e.